The van der Waals surface area contributed by atoms with Crippen molar-refractivity contribution in [2.75, 3.05) is 42.9 Å². The van der Waals surface area contributed by atoms with Gasteiger partial charge in [0.05, 0.1) is 4.88 Å². The number of rotatable bonds is 5. The first-order chi connectivity index (χ1) is 15.5. The third-order valence-electron chi connectivity index (χ3n) is 6.32. The average molecular weight is 453 g/mol. The van der Waals surface area contributed by atoms with E-state index in [0.717, 1.165) is 67.0 Å². The number of nitrogens with zero attached hydrogens (tertiary/aromatic N) is 2. The zero-order chi connectivity index (χ0) is 22.2. The molecule has 0 spiro atoms. The van der Waals surface area contributed by atoms with Crippen molar-refractivity contribution in [1.82, 2.24) is 4.90 Å². The van der Waals surface area contributed by atoms with Crippen LogP contribution in [0.25, 0.3) is 10.1 Å². The van der Waals surface area contributed by atoms with E-state index in [-0.39, 0.29) is 11.7 Å². The molecule has 2 aliphatic heterocycles. The number of fused-ring (bicyclic) bond motifs is 2. The molecule has 1 saturated heterocycles. The number of carbonyl (C=O) groups excluding carboxylic acids is 2. The molecule has 2 aliphatic rings. The summed E-state index contributed by atoms with van der Waals surface area (Å²) in [6, 6.07) is 11.2. The number of primary amides is 1. The standard InChI is InChI=1S/C24H25FN4O2S/c25-17-12-20(18-14-22(24(26)31)32-21(18)13-17)29-9-7-28(8-10-29)6-5-15-1-2-16-3-4-23(30)27-19(16)11-15/h1-2,11-14H,3-10H2,(H2,26,31)(H,27,30). The SMILES string of the molecule is NC(=O)c1cc2c(N3CCN(CCc4ccc5c(c4)NC(=O)CC5)CC3)cc(F)cc2s1. The maximum atomic E-state index is 14.2. The van der Waals surface area contributed by atoms with E-state index in [1.165, 1.54) is 28.5 Å². The number of halogens is 1. The molecule has 2 amide bonds. The van der Waals surface area contributed by atoms with Crippen LogP contribution in [0.2, 0.25) is 0 Å². The van der Waals surface area contributed by atoms with Crippen LogP contribution in [0.5, 0.6) is 0 Å². The van der Waals surface area contributed by atoms with Gasteiger partial charge in [-0.2, -0.15) is 0 Å². The number of benzene rings is 2. The quantitative estimate of drug-likeness (QED) is 0.622. The van der Waals surface area contributed by atoms with Crippen molar-refractivity contribution in [3.63, 3.8) is 0 Å². The van der Waals surface area contributed by atoms with Gasteiger partial charge < -0.3 is 16.0 Å². The Labute approximate surface area is 189 Å². The summed E-state index contributed by atoms with van der Waals surface area (Å²) in [5.74, 6) is -0.692. The van der Waals surface area contributed by atoms with Crippen molar-refractivity contribution in [3.05, 3.63) is 58.2 Å². The lowest BCUT2D eigenvalue weighted by molar-refractivity contribution is -0.116. The fourth-order valence-electron chi connectivity index (χ4n) is 4.54. The van der Waals surface area contributed by atoms with Gasteiger partial charge in [-0.3, -0.25) is 14.5 Å². The molecule has 166 valence electrons. The second-order valence-electron chi connectivity index (χ2n) is 8.43. The number of hydrogen-bond acceptors (Lipinski definition) is 5. The summed E-state index contributed by atoms with van der Waals surface area (Å²) in [5.41, 5.74) is 9.63. The van der Waals surface area contributed by atoms with Gasteiger partial charge in [0.2, 0.25) is 5.91 Å². The molecule has 0 unspecified atom stereocenters. The number of aryl methyl sites for hydroxylation is 1. The normalized spacial score (nSPS) is 16.8. The minimum absolute atomic E-state index is 0.0887. The number of nitrogens with two attached hydrogens (primary N) is 1. The van der Waals surface area contributed by atoms with E-state index in [2.05, 4.69) is 33.3 Å². The maximum absolute atomic E-state index is 14.2. The zero-order valence-corrected chi connectivity index (χ0v) is 18.5. The molecule has 5 rings (SSSR count). The molecule has 0 bridgehead atoms. The molecule has 3 heterocycles. The van der Waals surface area contributed by atoms with Gasteiger partial charge in [0, 0.05) is 60.6 Å². The van der Waals surface area contributed by atoms with Crippen LogP contribution < -0.4 is 16.0 Å². The highest BCUT2D eigenvalue weighted by atomic mass is 32.1. The smallest absolute Gasteiger partial charge is 0.258 e. The lowest BCUT2D eigenvalue weighted by Gasteiger charge is -2.36. The van der Waals surface area contributed by atoms with E-state index in [4.69, 9.17) is 5.73 Å². The van der Waals surface area contributed by atoms with Crippen LogP contribution in [0, 0.1) is 5.82 Å². The van der Waals surface area contributed by atoms with Crippen LogP contribution in [0.4, 0.5) is 15.8 Å². The predicted octanol–water partition coefficient (Wildman–Crippen LogP) is 3.39. The Hall–Kier alpha value is -2.97. The van der Waals surface area contributed by atoms with Crippen molar-refractivity contribution >= 4 is 44.6 Å². The highest BCUT2D eigenvalue weighted by molar-refractivity contribution is 7.20. The first-order valence-electron chi connectivity index (χ1n) is 10.9. The molecule has 3 N–H and O–H groups in total. The Kier molecular flexibility index (Phi) is 5.57. The van der Waals surface area contributed by atoms with Gasteiger partial charge in [-0.05, 0) is 48.2 Å². The van der Waals surface area contributed by atoms with Gasteiger partial charge in [-0.15, -0.1) is 11.3 Å². The summed E-state index contributed by atoms with van der Waals surface area (Å²) in [4.78, 5) is 28.3. The highest BCUT2D eigenvalue weighted by Crippen LogP contribution is 2.35. The largest absolute Gasteiger partial charge is 0.368 e. The molecule has 8 heteroatoms. The third kappa shape index (κ3) is 4.20. The van der Waals surface area contributed by atoms with E-state index in [1.54, 1.807) is 12.1 Å². The summed E-state index contributed by atoms with van der Waals surface area (Å²) in [6.07, 6.45) is 2.28. The molecule has 0 saturated carbocycles. The monoisotopic (exact) mass is 452 g/mol. The van der Waals surface area contributed by atoms with Gasteiger partial charge in [0.1, 0.15) is 5.82 Å². The number of anilines is 2. The minimum Gasteiger partial charge on any atom is -0.368 e. The first-order valence-corrected chi connectivity index (χ1v) is 11.7. The number of carbonyl (C=O) groups is 2. The van der Waals surface area contributed by atoms with Crippen LogP contribution in [-0.2, 0) is 17.6 Å². The Bertz CT molecular complexity index is 1200. The summed E-state index contributed by atoms with van der Waals surface area (Å²) in [5, 5.41) is 3.86. The van der Waals surface area contributed by atoms with Gasteiger partial charge in [-0.1, -0.05) is 12.1 Å². The molecule has 0 aliphatic carbocycles. The van der Waals surface area contributed by atoms with Crippen molar-refractivity contribution in [2.24, 2.45) is 5.73 Å². The topological polar surface area (TPSA) is 78.7 Å². The predicted molar refractivity (Wildman–Crippen MR) is 126 cm³/mol. The molecule has 1 aromatic heterocycles. The molecular weight excluding hydrogens is 427 g/mol. The molecule has 2 aromatic carbocycles. The fraction of sp³-hybridized carbons (Fsp3) is 0.333. The van der Waals surface area contributed by atoms with Crippen LogP contribution in [-0.4, -0.2) is 49.4 Å². The molecule has 1 fully saturated rings. The number of thiophene rings is 1. The van der Waals surface area contributed by atoms with E-state index in [1.807, 2.05) is 0 Å². The van der Waals surface area contributed by atoms with Crippen LogP contribution in [0.15, 0.2) is 36.4 Å². The van der Waals surface area contributed by atoms with E-state index < -0.39 is 5.91 Å². The zero-order valence-electron chi connectivity index (χ0n) is 17.7. The van der Waals surface area contributed by atoms with Gasteiger partial charge in [0.25, 0.3) is 5.91 Å². The average Bonchev–Trinajstić information content (AvgIpc) is 3.21. The maximum Gasteiger partial charge on any atom is 0.258 e. The van der Waals surface area contributed by atoms with E-state index in [9.17, 15) is 14.0 Å². The van der Waals surface area contributed by atoms with Crippen molar-refractivity contribution in [2.45, 2.75) is 19.3 Å². The fourth-order valence-corrected chi connectivity index (χ4v) is 5.50. The first kappa shape index (κ1) is 20.9. The number of hydrogen-bond donors (Lipinski definition) is 2. The Morgan fingerprint density at radius 3 is 2.69 bits per heavy atom. The Balaban J connectivity index is 1.23. The second-order valence-corrected chi connectivity index (χ2v) is 9.51. The number of nitrogens with one attached hydrogen (secondary N) is 1. The minimum atomic E-state index is -0.482. The molecule has 0 atom stereocenters. The molecule has 32 heavy (non-hydrogen) atoms. The lowest BCUT2D eigenvalue weighted by atomic mass is 9.99. The highest BCUT2D eigenvalue weighted by Gasteiger charge is 2.21. The Morgan fingerprint density at radius 2 is 1.91 bits per heavy atom. The third-order valence-corrected chi connectivity index (χ3v) is 7.42. The lowest BCUT2D eigenvalue weighted by Crippen LogP contribution is -2.47. The van der Waals surface area contributed by atoms with Gasteiger partial charge in [-0.25, -0.2) is 4.39 Å². The second kappa shape index (κ2) is 8.52. The van der Waals surface area contributed by atoms with Gasteiger partial charge >= 0.3 is 0 Å². The van der Waals surface area contributed by atoms with Crippen molar-refractivity contribution in [1.29, 1.82) is 0 Å². The van der Waals surface area contributed by atoms with E-state index in [0.29, 0.717) is 11.3 Å². The summed E-state index contributed by atoms with van der Waals surface area (Å²) in [7, 11) is 0. The van der Waals surface area contributed by atoms with Crippen molar-refractivity contribution in [3.8, 4) is 0 Å². The molecule has 0 radical (unpaired) electrons. The van der Waals surface area contributed by atoms with Crippen LogP contribution >= 0.6 is 11.3 Å². The van der Waals surface area contributed by atoms with Gasteiger partial charge in [0.15, 0.2) is 0 Å². The van der Waals surface area contributed by atoms with Crippen LogP contribution in [0.1, 0.15) is 27.2 Å². The summed E-state index contributed by atoms with van der Waals surface area (Å²) in [6.45, 7) is 4.28. The number of piperazine rings is 1. The summed E-state index contributed by atoms with van der Waals surface area (Å²) < 4.78 is 15.0. The number of amides is 2. The summed E-state index contributed by atoms with van der Waals surface area (Å²) >= 11 is 1.24. The van der Waals surface area contributed by atoms with Crippen molar-refractivity contribution < 1.29 is 14.0 Å². The van der Waals surface area contributed by atoms with Crippen LogP contribution in [0.3, 0.4) is 0 Å². The molecule has 3 aromatic rings. The Morgan fingerprint density at radius 1 is 1.09 bits per heavy atom. The molecular formula is C24H25FN4O2S. The molecule has 6 nitrogen and oxygen atoms in total. The van der Waals surface area contributed by atoms with E-state index >= 15 is 0 Å².